The Kier molecular flexibility index (Phi) is 4.61. The Morgan fingerprint density at radius 3 is 2.50 bits per heavy atom. The maximum Gasteiger partial charge on any atom is 0.276 e. The summed E-state index contributed by atoms with van der Waals surface area (Å²) in [4.78, 5) is 12.9. The molecule has 0 amide bonds. The Labute approximate surface area is 163 Å². The average Bonchev–Trinajstić information content (AvgIpc) is 3.11. The highest BCUT2D eigenvalue weighted by Gasteiger charge is 2.14. The summed E-state index contributed by atoms with van der Waals surface area (Å²) in [6, 6.07) is 15.6. The topological polar surface area (TPSA) is 59.5 Å². The Hall–Kier alpha value is -3.18. The van der Waals surface area contributed by atoms with E-state index in [0.29, 0.717) is 5.52 Å². The van der Waals surface area contributed by atoms with Gasteiger partial charge in [0.25, 0.3) is 5.56 Å². The van der Waals surface area contributed by atoms with Gasteiger partial charge in [0, 0.05) is 18.0 Å². The van der Waals surface area contributed by atoms with Gasteiger partial charge in [0.1, 0.15) is 5.52 Å². The number of nitrogens with zero attached hydrogens (tertiary/aromatic N) is 3. The van der Waals surface area contributed by atoms with Gasteiger partial charge < -0.3 is 9.67 Å². The van der Waals surface area contributed by atoms with E-state index < -0.39 is 6.10 Å². The van der Waals surface area contributed by atoms with E-state index in [1.807, 2.05) is 69.3 Å². The zero-order chi connectivity index (χ0) is 19.8. The highest BCUT2D eigenvalue weighted by molar-refractivity contribution is 5.68. The number of fused-ring (bicyclic) bond motifs is 1. The Morgan fingerprint density at radius 2 is 1.75 bits per heavy atom. The zero-order valence-corrected chi connectivity index (χ0v) is 16.3. The quantitative estimate of drug-likeness (QED) is 0.592. The second kappa shape index (κ2) is 7.09. The third-order valence-electron chi connectivity index (χ3n) is 5.31. The van der Waals surface area contributed by atoms with Crippen LogP contribution in [-0.4, -0.2) is 19.3 Å². The molecule has 0 radical (unpaired) electrons. The molecular formula is C23H23N3O2. The number of aromatic nitrogens is 3. The molecule has 1 atom stereocenters. The van der Waals surface area contributed by atoms with Gasteiger partial charge in [0.15, 0.2) is 0 Å². The van der Waals surface area contributed by atoms with Crippen molar-refractivity contribution in [1.29, 1.82) is 0 Å². The van der Waals surface area contributed by atoms with Crippen LogP contribution in [0.3, 0.4) is 0 Å². The lowest BCUT2D eigenvalue weighted by atomic mass is 10.0. The second-order valence-electron chi connectivity index (χ2n) is 7.29. The summed E-state index contributed by atoms with van der Waals surface area (Å²) in [6.45, 7) is 6.28. The average molecular weight is 373 g/mol. The predicted molar refractivity (Wildman–Crippen MR) is 111 cm³/mol. The van der Waals surface area contributed by atoms with Crippen LogP contribution in [0.15, 0.2) is 65.7 Å². The van der Waals surface area contributed by atoms with Crippen LogP contribution in [0.2, 0.25) is 0 Å². The van der Waals surface area contributed by atoms with Gasteiger partial charge in [0.05, 0.1) is 18.3 Å². The minimum atomic E-state index is -0.752. The normalized spacial score (nSPS) is 12.4. The molecule has 0 spiro atoms. The number of aryl methyl sites for hydroxylation is 3. The SMILES string of the molecule is Cc1ccc([C@@H](O)Cn2ccn3nc(-c4ccccc4C)cc3c2=O)cc1C. The van der Waals surface area contributed by atoms with Gasteiger partial charge in [-0.15, -0.1) is 0 Å². The number of aliphatic hydroxyl groups is 1. The maximum absolute atomic E-state index is 12.9. The molecule has 0 unspecified atom stereocenters. The molecule has 0 aliphatic carbocycles. The van der Waals surface area contributed by atoms with E-state index in [-0.39, 0.29) is 12.1 Å². The first-order valence-corrected chi connectivity index (χ1v) is 9.34. The fourth-order valence-electron chi connectivity index (χ4n) is 3.43. The van der Waals surface area contributed by atoms with Crippen molar-refractivity contribution in [2.75, 3.05) is 0 Å². The van der Waals surface area contributed by atoms with E-state index >= 15 is 0 Å². The van der Waals surface area contributed by atoms with Crippen molar-refractivity contribution in [2.45, 2.75) is 33.4 Å². The largest absolute Gasteiger partial charge is 0.387 e. The lowest BCUT2D eigenvalue weighted by Gasteiger charge is -2.14. The van der Waals surface area contributed by atoms with Crippen LogP contribution in [0.4, 0.5) is 0 Å². The molecule has 0 bridgehead atoms. The molecule has 2 aromatic heterocycles. The Balaban J connectivity index is 1.69. The summed E-state index contributed by atoms with van der Waals surface area (Å²) in [6.07, 6.45) is 2.68. The summed E-state index contributed by atoms with van der Waals surface area (Å²) in [5.74, 6) is 0. The van der Waals surface area contributed by atoms with E-state index in [2.05, 4.69) is 5.10 Å². The zero-order valence-electron chi connectivity index (χ0n) is 16.3. The van der Waals surface area contributed by atoms with Crippen molar-refractivity contribution in [2.24, 2.45) is 0 Å². The number of hydrogen-bond donors (Lipinski definition) is 1. The molecule has 1 N–H and O–H groups in total. The molecule has 4 rings (SSSR count). The molecule has 0 saturated carbocycles. The van der Waals surface area contributed by atoms with Gasteiger partial charge in [-0.3, -0.25) is 4.79 Å². The fourth-order valence-corrected chi connectivity index (χ4v) is 3.43. The second-order valence-corrected chi connectivity index (χ2v) is 7.29. The fraction of sp³-hybridized carbons (Fsp3) is 0.217. The first kappa shape index (κ1) is 18.2. The van der Waals surface area contributed by atoms with Crippen LogP contribution < -0.4 is 5.56 Å². The molecule has 142 valence electrons. The molecule has 2 aromatic carbocycles. The van der Waals surface area contributed by atoms with Gasteiger partial charge in [0.2, 0.25) is 0 Å². The minimum absolute atomic E-state index is 0.169. The lowest BCUT2D eigenvalue weighted by Crippen LogP contribution is -2.24. The third kappa shape index (κ3) is 3.25. The number of hydrogen-bond acceptors (Lipinski definition) is 3. The van der Waals surface area contributed by atoms with Crippen molar-refractivity contribution in [3.8, 4) is 11.3 Å². The van der Waals surface area contributed by atoms with E-state index in [9.17, 15) is 9.90 Å². The summed E-state index contributed by atoms with van der Waals surface area (Å²) in [5.41, 5.74) is 6.32. The van der Waals surface area contributed by atoms with Crippen LogP contribution in [-0.2, 0) is 6.54 Å². The van der Waals surface area contributed by atoms with Crippen molar-refractivity contribution >= 4 is 5.52 Å². The van der Waals surface area contributed by atoms with E-state index in [1.165, 1.54) is 5.56 Å². The van der Waals surface area contributed by atoms with E-state index in [1.54, 1.807) is 21.5 Å². The van der Waals surface area contributed by atoms with Gasteiger partial charge in [-0.25, -0.2) is 4.52 Å². The van der Waals surface area contributed by atoms with Crippen LogP contribution in [0, 0.1) is 20.8 Å². The van der Waals surface area contributed by atoms with Crippen LogP contribution in [0.5, 0.6) is 0 Å². The van der Waals surface area contributed by atoms with Crippen molar-refractivity contribution < 1.29 is 5.11 Å². The molecule has 28 heavy (non-hydrogen) atoms. The van der Waals surface area contributed by atoms with Crippen LogP contribution >= 0.6 is 0 Å². The van der Waals surface area contributed by atoms with Gasteiger partial charge in [-0.2, -0.15) is 5.10 Å². The van der Waals surface area contributed by atoms with Crippen molar-refractivity contribution in [1.82, 2.24) is 14.2 Å². The molecule has 0 fully saturated rings. The van der Waals surface area contributed by atoms with Crippen LogP contribution in [0.25, 0.3) is 16.8 Å². The summed E-state index contributed by atoms with van der Waals surface area (Å²) in [7, 11) is 0. The molecule has 5 heteroatoms. The highest BCUT2D eigenvalue weighted by Crippen LogP contribution is 2.22. The Bertz CT molecular complexity index is 1220. The maximum atomic E-state index is 12.9. The number of benzene rings is 2. The number of rotatable bonds is 4. The molecule has 4 aromatic rings. The molecular weight excluding hydrogens is 350 g/mol. The molecule has 2 heterocycles. The van der Waals surface area contributed by atoms with E-state index in [0.717, 1.165) is 27.9 Å². The molecule has 0 aliphatic rings. The summed E-state index contributed by atoms with van der Waals surface area (Å²) in [5, 5.41) is 15.2. The monoisotopic (exact) mass is 373 g/mol. The van der Waals surface area contributed by atoms with E-state index in [4.69, 9.17) is 0 Å². The highest BCUT2D eigenvalue weighted by atomic mass is 16.3. The van der Waals surface area contributed by atoms with Gasteiger partial charge in [-0.05, 0) is 49.1 Å². The molecule has 0 aliphatic heterocycles. The summed E-state index contributed by atoms with van der Waals surface area (Å²) >= 11 is 0. The first-order valence-electron chi connectivity index (χ1n) is 9.34. The predicted octanol–water partition coefficient (Wildman–Crippen LogP) is 3.82. The Morgan fingerprint density at radius 1 is 0.964 bits per heavy atom. The van der Waals surface area contributed by atoms with Crippen LogP contribution in [0.1, 0.15) is 28.4 Å². The lowest BCUT2D eigenvalue weighted by molar-refractivity contribution is 0.155. The third-order valence-corrected chi connectivity index (χ3v) is 5.31. The number of aliphatic hydroxyl groups excluding tert-OH is 1. The smallest absolute Gasteiger partial charge is 0.276 e. The minimum Gasteiger partial charge on any atom is -0.387 e. The van der Waals surface area contributed by atoms with Crippen molar-refractivity contribution in [3.63, 3.8) is 0 Å². The van der Waals surface area contributed by atoms with Crippen molar-refractivity contribution in [3.05, 3.63) is 93.5 Å². The van der Waals surface area contributed by atoms with Gasteiger partial charge in [-0.1, -0.05) is 42.5 Å². The summed E-state index contributed by atoms with van der Waals surface area (Å²) < 4.78 is 3.14. The molecule has 0 saturated heterocycles. The molecule has 5 nitrogen and oxygen atoms in total. The standard InChI is InChI=1S/C23H23N3O2/c1-15-8-9-18(12-17(15)3)22(27)14-25-10-11-26-21(23(25)28)13-20(24-26)19-7-5-4-6-16(19)2/h4-13,22,27H,14H2,1-3H3/t22-/m0/s1. The van der Waals surface area contributed by atoms with Gasteiger partial charge >= 0.3 is 0 Å². The first-order chi connectivity index (χ1) is 13.4.